The van der Waals surface area contributed by atoms with Gasteiger partial charge in [-0.15, -0.1) is 0 Å². The lowest BCUT2D eigenvalue weighted by atomic mass is 10.1. The van der Waals surface area contributed by atoms with Crippen LogP contribution >= 0.6 is 0 Å². The Morgan fingerprint density at radius 3 is 2.33 bits per heavy atom. The topological polar surface area (TPSA) is 61.4 Å². The van der Waals surface area contributed by atoms with Crippen LogP contribution in [0.2, 0.25) is 0 Å². The fourth-order valence-corrected chi connectivity index (χ4v) is 2.72. The molecule has 0 radical (unpaired) electrons. The van der Waals surface area contributed by atoms with E-state index in [1.165, 1.54) is 19.3 Å². The van der Waals surface area contributed by atoms with Gasteiger partial charge in [-0.1, -0.05) is 12.8 Å². The van der Waals surface area contributed by atoms with Crippen molar-refractivity contribution in [2.75, 3.05) is 19.6 Å². The lowest BCUT2D eigenvalue weighted by Crippen LogP contribution is -2.47. The minimum absolute atomic E-state index is 0.0382. The van der Waals surface area contributed by atoms with Crippen molar-refractivity contribution in [1.29, 1.82) is 0 Å². The second-order valence-electron chi connectivity index (χ2n) is 5.25. The zero-order valence-corrected chi connectivity index (χ0v) is 10.9. The Bertz CT molecular complexity index is 295. The molecule has 0 spiro atoms. The van der Waals surface area contributed by atoms with Gasteiger partial charge < -0.3 is 15.5 Å². The molecule has 1 saturated heterocycles. The highest BCUT2D eigenvalue weighted by atomic mass is 16.2. The first kappa shape index (κ1) is 13.2. The third-order valence-electron chi connectivity index (χ3n) is 3.80. The summed E-state index contributed by atoms with van der Waals surface area (Å²) in [5, 5.41) is 5.58. The maximum Gasteiger partial charge on any atom is 0.315 e. The molecule has 2 aliphatic rings. The van der Waals surface area contributed by atoms with Crippen molar-refractivity contribution in [3.8, 4) is 0 Å². The Hall–Kier alpha value is -1.26. The van der Waals surface area contributed by atoms with E-state index in [9.17, 15) is 9.59 Å². The average Bonchev–Trinajstić information content (AvgIpc) is 2.90. The molecule has 1 aliphatic heterocycles. The van der Waals surface area contributed by atoms with Gasteiger partial charge in [-0.3, -0.25) is 4.79 Å². The Morgan fingerprint density at radius 2 is 1.67 bits per heavy atom. The van der Waals surface area contributed by atoms with Crippen LogP contribution in [0.4, 0.5) is 4.79 Å². The minimum Gasteiger partial charge on any atom is -0.341 e. The highest BCUT2D eigenvalue weighted by molar-refractivity contribution is 5.84. The summed E-state index contributed by atoms with van der Waals surface area (Å²) < 4.78 is 0. The molecule has 2 N–H and O–H groups in total. The van der Waals surface area contributed by atoms with Gasteiger partial charge in [-0.05, 0) is 32.1 Å². The number of rotatable bonds is 3. The van der Waals surface area contributed by atoms with E-state index in [0.29, 0.717) is 6.04 Å². The molecule has 18 heavy (non-hydrogen) atoms. The SMILES string of the molecule is O=C(NCC(=O)N1CCCCC1)NC1CCCC1. The van der Waals surface area contributed by atoms with Crippen LogP contribution in [0.3, 0.4) is 0 Å². The summed E-state index contributed by atoms with van der Waals surface area (Å²) in [6.45, 7) is 1.80. The van der Waals surface area contributed by atoms with Crippen molar-refractivity contribution in [2.45, 2.75) is 51.0 Å². The second kappa shape index (κ2) is 6.61. The van der Waals surface area contributed by atoms with E-state index in [-0.39, 0.29) is 18.5 Å². The molecular weight excluding hydrogens is 230 g/mol. The zero-order valence-electron chi connectivity index (χ0n) is 10.9. The van der Waals surface area contributed by atoms with E-state index in [2.05, 4.69) is 10.6 Å². The normalized spacial score (nSPS) is 20.8. The number of urea groups is 1. The first-order chi connectivity index (χ1) is 8.75. The molecule has 0 aromatic rings. The predicted octanol–water partition coefficient (Wildman–Crippen LogP) is 1.24. The Kier molecular flexibility index (Phi) is 4.84. The number of hydrogen-bond donors (Lipinski definition) is 2. The lowest BCUT2D eigenvalue weighted by molar-refractivity contribution is -0.130. The summed E-state index contributed by atoms with van der Waals surface area (Å²) in [7, 11) is 0. The van der Waals surface area contributed by atoms with E-state index >= 15 is 0 Å². The molecule has 0 aromatic heterocycles. The number of carbonyl (C=O) groups is 2. The first-order valence-corrected chi connectivity index (χ1v) is 7.08. The summed E-state index contributed by atoms with van der Waals surface area (Å²) in [5.41, 5.74) is 0. The van der Waals surface area contributed by atoms with Gasteiger partial charge in [0.05, 0.1) is 6.54 Å². The largest absolute Gasteiger partial charge is 0.341 e. The van der Waals surface area contributed by atoms with E-state index in [4.69, 9.17) is 0 Å². The maximum atomic E-state index is 11.8. The Balaban J connectivity index is 1.63. The molecule has 5 nitrogen and oxygen atoms in total. The molecule has 0 unspecified atom stereocenters. The molecule has 0 atom stereocenters. The lowest BCUT2D eigenvalue weighted by Gasteiger charge is -2.26. The Labute approximate surface area is 108 Å². The fraction of sp³-hybridized carbons (Fsp3) is 0.846. The van der Waals surface area contributed by atoms with E-state index in [1.54, 1.807) is 0 Å². The maximum absolute atomic E-state index is 11.8. The van der Waals surface area contributed by atoms with Gasteiger partial charge in [0.1, 0.15) is 0 Å². The molecule has 1 heterocycles. The van der Waals surface area contributed by atoms with Gasteiger partial charge >= 0.3 is 6.03 Å². The van der Waals surface area contributed by atoms with Crippen LogP contribution < -0.4 is 10.6 Å². The van der Waals surface area contributed by atoms with Gasteiger partial charge in [0.15, 0.2) is 0 Å². The minimum atomic E-state index is -0.202. The molecule has 102 valence electrons. The van der Waals surface area contributed by atoms with Crippen molar-refractivity contribution in [3.05, 3.63) is 0 Å². The van der Waals surface area contributed by atoms with Crippen molar-refractivity contribution in [3.63, 3.8) is 0 Å². The van der Waals surface area contributed by atoms with Gasteiger partial charge in [0.2, 0.25) is 5.91 Å². The average molecular weight is 253 g/mol. The molecule has 0 bridgehead atoms. The van der Waals surface area contributed by atoms with Gasteiger partial charge in [-0.2, -0.15) is 0 Å². The zero-order chi connectivity index (χ0) is 12.8. The van der Waals surface area contributed by atoms with Crippen LogP contribution in [-0.2, 0) is 4.79 Å². The van der Waals surface area contributed by atoms with Crippen molar-refractivity contribution < 1.29 is 9.59 Å². The standard InChI is InChI=1S/C13H23N3O2/c17-12(16-8-4-1-5-9-16)10-14-13(18)15-11-6-2-3-7-11/h11H,1-10H2,(H2,14,15,18). The van der Waals surface area contributed by atoms with Crippen LogP contribution in [0.1, 0.15) is 44.9 Å². The van der Waals surface area contributed by atoms with Gasteiger partial charge in [-0.25, -0.2) is 4.79 Å². The van der Waals surface area contributed by atoms with Gasteiger partial charge in [0.25, 0.3) is 0 Å². The summed E-state index contributed by atoms with van der Waals surface area (Å²) in [6, 6.07) is 0.0994. The summed E-state index contributed by atoms with van der Waals surface area (Å²) in [5.74, 6) is 0.0382. The third kappa shape index (κ3) is 3.89. The molecular formula is C13H23N3O2. The van der Waals surface area contributed by atoms with Crippen LogP contribution in [-0.4, -0.2) is 42.5 Å². The number of piperidine rings is 1. The van der Waals surface area contributed by atoms with Crippen molar-refractivity contribution in [1.82, 2.24) is 15.5 Å². The Morgan fingerprint density at radius 1 is 1.00 bits per heavy atom. The number of carbonyl (C=O) groups excluding carboxylic acids is 2. The van der Waals surface area contributed by atoms with Crippen molar-refractivity contribution in [2.24, 2.45) is 0 Å². The summed E-state index contributed by atoms with van der Waals surface area (Å²) >= 11 is 0. The monoisotopic (exact) mass is 253 g/mol. The quantitative estimate of drug-likeness (QED) is 0.795. The van der Waals surface area contributed by atoms with Gasteiger partial charge in [0, 0.05) is 19.1 Å². The number of amides is 3. The molecule has 2 rings (SSSR count). The highest BCUT2D eigenvalue weighted by Gasteiger charge is 2.19. The number of nitrogens with one attached hydrogen (secondary N) is 2. The van der Waals surface area contributed by atoms with Crippen LogP contribution in [0.5, 0.6) is 0 Å². The summed E-state index contributed by atoms with van der Waals surface area (Å²) in [4.78, 5) is 25.3. The molecule has 0 aromatic carbocycles. The smallest absolute Gasteiger partial charge is 0.315 e. The second-order valence-corrected chi connectivity index (χ2v) is 5.25. The highest BCUT2D eigenvalue weighted by Crippen LogP contribution is 2.17. The van der Waals surface area contributed by atoms with E-state index in [0.717, 1.165) is 38.8 Å². The molecule has 1 saturated carbocycles. The van der Waals surface area contributed by atoms with Crippen LogP contribution in [0.25, 0.3) is 0 Å². The molecule has 2 fully saturated rings. The van der Waals surface area contributed by atoms with E-state index < -0.39 is 0 Å². The first-order valence-electron chi connectivity index (χ1n) is 7.08. The number of likely N-dealkylation sites (tertiary alicyclic amines) is 1. The van der Waals surface area contributed by atoms with Crippen LogP contribution in [0.15, 0.2) is 0 Å². The summed E-state index contributed by atoms with van der Waals surface area (Å²) in [6.07, 6.45) is 7.88. The number of nitrogens with zero attached hydrogens (tertiary/aromatic N) is 1. The molecule has 5 heteroatoms. The predicted molar refractivity (Wildman–Crippen MR) is 69.2 cm³/mol. The molecule has 3 amide bonds. The van der Waals surface area contributed by atoms with Crippen LogP contribution in [0, 0.1) is 0 Å². The van der Waals surface area contributed by atoms with E-state index in [1.807, 2.05) is 4.90 Å². The number of hydrogen-bond acceptors (Lipinski definition) is 2. The molecule has 1 aliphatic carbocycles. The third-order valence-corrected chi connectivity index (χ3v) is 3.80. The fourth-order valence-electron chi connectivity index (χ4n) is 2.72. The van der Waals surface area contributed by atoms with Crippen molar-refractivity contribution >= 4 is 11.9 Å².